The summed E-state index contributed by atoms with van der Waals surface area (Å²) in [6.45, 7) is 3.92. The Kier molecular flexibility index (Phi) is 6.28. The molecule has 0 heterocycles. The molecule has 0 aliphatic carbocycles. The van der Waals surface area contributed by atoms with Gasteiger partial charge in [-0.05, 0) is 39.1 Å². The third-order valence-corrected chi connectivity index (χ3v) is 3.23. The zero-order chi connectivity index (χ0) is 14.3. The van der Waals surface area contributed by atoms with Crippen LogP contribution in [-0.2, 0) is 6.42 Å². The van der Waals surface area contributed by atoms with Crippen LogP contribution in [0.1, 0.15) is 12.5 Å². The van der Waals surface area contributed by atoms with Crippen molar-refractivity contribution in [1.29, 1.82) is 0 Å². The number of benzene rings is 1. The van der Waals surface area contributed by atoms with Gasteiger partial charge >= 0.3 is 0 Å². The second-order valence-electron chi connectivity index (χ2n) is 5.44. The number of hydrogen-bond donors (Lipinski definition) is 2. The van der Waals surface area contributed by atoms with Gasteiger partial charge in [0.2, 0.25) is 0 Å². The Labute approximate surface area is 116 Å². The minimum absolute atomic E-state index is 0.0957. The van der Waals surface area contributed by atoms with E-state index in [0.717, 1.165) is 30.8 Å². The highest BCUT2D eigenvalue weighted by Gasteiger charge is 2.24. The van der Waals surface area contributed by atoms with Gasteiger partial charge < -0.3 is 20.1 Å². The Bertz CT molecular complexity index is 382. The molecular formula is C15H26N2O2. The summed E-state index contributed by atoms with van der Waals surface area (Å²) in [4.78, 5) is 2.12. The number of methoxy groups -OCH3 is 1. The number of aliphatic hydroxyl groups excluding tert-OH is 1. The largest absolute Gasteiger partial charge is 0.496 e. The van der Waals surface area contributed by atoms with Crippen molar-refractivity contribution in [3.63, 3.8) is 0 Å². The van der Waals surface area contributed by atoms with E-state index in [1.165, 1.54) is 0 Å². The molecule has 4 nitrogen and oxygen atoms in total. The fourth-order valence-electron chi connectivity index (χ4n) is 2.02. The third-order valence-electron chi connectivity index (χ3n) is 3.23. The van der Waals surface area contributed by atoms with E-state index in [-0.39, 0.29) is 12.1 Å². The standard InChI is InChI=1S/C15H26N2O2/c1-15(12-18,16-9-10-17(2)3)11-13-7-5-6-8-14(13)19-4/h5-8,16,18H,9-12H2,1-4H3. The number of rotatable bonds is 8. The number of nitrogens with zero attached hydrogens (tertiary/aromatic N) is 1. The maximum atomic E-state index is 9.66. The predicted molar refractivity (Wildman–Crippen MR) is 78.7 cm³/mol. The number of para-hydroxylation sites is 1. The highest BCUT2D eigenvalue weighted by Crippen LogP contribution is 2.22. The molecule has 1 atom stereocenters. The summed E-state index contributed by atoms with van der Waals surface area (Å²) < 4.78 is 5.36. The van der Waals surface area contributed by atoms with Crippen molar-refractivity contribution in [2.75, 3.05) is 40.9 Å². The second kappa shape index (κ2) is 7.48. The highest BCUT2D eigenvalue weighted by atomic mass is 16.5. The van der Waals surface area contributed by atoms with Gasteiger partial charge in [0.15, 0.2) is 0 Å². The molecule has 1 aromatic carbocycles. The van der Waals surface area contributed by atoms with E-state index in [0.29, 0.717) is 0 Å². The summed E-state index contributed by atoms with van der Waals surface area (Å²) in [6.07, 6.45) is 0.737. The zero-order valence-electron chi connectivity index (χ0n) is 12.4. The van der Waals surface area contributed by atoms with Crippen molar-refractivity contribution < 1.29 is 9.84 Å². The van der Waals surface area contributed by atoms with Crippen LogP contribution >= 0.6 is 0 Å². The molecule has 0 saturated carbocycles. The summed E-state index contributed by atoms with van der Waals surface area (Å²) in [5.74, 6) is 0.872. The topological polar surface area (TPSA) is 44.7 Å². The van der Waals surface area contributed by atoms with Gasteiger partial charge in [-0.1, -0.05) is 18.2 Å². The highest BCUT2D eigenvalue weighted by molar-refractivity contribution is 5.34. The number of likely N-dealkylation sites (N-methyl/N-ethyl adjacent to an activating group) is 1. The lowest BCUT2D eigenvalue weighted by atomic mass is 9.93. The van der Waals surface area contributed by atoms with E-state index in [1.54, 1.807) is 7.11 Å². The summed E-state index contributed by atoms with van der Waals surface area (Å²) in [6, 6.07) is 7.95. The zero-order valence-corrected chi connectivity index (χ0v) is 12.4. The van der Waals surface area contributed by atoms with Crippen LogP contribution in [0.4, 0.5) is 0 Å². The van der Waals surface area contributed by atoms with Crippen molar-refractivity contribution in [3.05, 3.63) is 29.8 Å². The van der Waals surface area contributed by atoms with Gasteiger partial charge in [0, 0.05) is 18.6 Å². The van der Waals surface area contributed by atoms with E-state index >= 15 is 0 Å². The molecule has 1 rings (SSSR count). The number of nitrogens with one attached hydrogen (secondary N) is 1. The smallest absolute Gasteiger partial charge is 0.122 e. The lowest BCUT2D eigenvalue weighted by Crippen LogP contribution is -2.49. The first-order valence-electron chi connectivity index (χ1n) is 6.63. The van der Waals surface area contributed by atoms with Crippen LogP contribution in [0.25, 0.3) is 0 Å². The number of aliphatic hydroxyl groups is 1. The average Bonchev–Trinajstić information content (AvgIpc) is 2.39. The van der Waals surface area contributed by atoms with Gasteiger partial charge in [-0.2, -0.15) is 0 Å². The molecule has 19 heavy (non-hydrogen) atoms. The molecule has 0 spiro atoms. The number of ether oxygens (including phenoxy) is 1. The Morgan fingerprint density at radius 2 is 2.00 bits per heavy atom. The van der Waals surface area contributed by atoms with E-state index in [1.807, 2.05) is 45.3 Å². The molecular weight excluding hydrogens is 240 g/mol. The van der Waals surface area contributed by atoms with Crippen LogP contribution in [-0.4, -0.2) is 56.4 Å². The third kappa shape index (κ3) is 5.19. The molecule has 0 aromatic heterocycles. The Hall–Kier alpha value is -1.10. The molecule has 4 heteroatoms. The van der Waals surface area contributed by atoms with Crippen molar-refractivity contribution >= 4 is 0 Å². The van der Waals surface area contributed by atoms with Gasteiger partial charge in [-0.3, -0.25) is 0 Å². The molecule has 1 aromatic rings. The molecule has 108 valence electrons. The van der Waals surface area contributed by atoms with E-state index in [9.17, 15) is 5.11 Å². The summed E-state index contributed by atoms with van der Waals surface area (Å²) in [5.41, 5.74) is 0.781. The molecule has 0 aliphatic rings. The normalized spacial score (nSPS) is 14.4. The molecule has 0 aliphatic heterocycles. The van der Waals surface area contributed by atoms with Gasteiger partial charge in [0.1, 0.15) is 5.75 Å². The molecule has 0 bridgehead atoms. The summed E-state index contributed by atoms with van der Waals surface area (Å²) in [7, 11) is 5.75. The monoisotopic (exact) mass is 266 g/mol. The Morgan fingerprint density at radius 3 is 2.58 bits per heavy atom. The maximum Gasteiger partial charge on any atom is 0.122 e. The molecule has 0 fully saturated rings. The Balaban J connectivity index is 2.68. The lowest BCUT2D eigenvalue weighted by molar-refractivity contribution is 0.170. The maximum absolute atomic E-state index is 9.66. The van der Waals surface area contributed by atoms with E-state index < -0.39 is 0 Å². The Morgan fingerprint density at radius 1 is 1.32 bits per heavy atom. The fraction of sp³-hybridized carbons (Fsp3) is 0.600. The first-order valence-corrected chi connectivity index (χ1v) is 6.63. The SMILES string of the molecule is COc1ccccc1CC(C)(CO)NCCN(C)C. The fourth-order valence-corrected chi connectivity index (χ4v) is 2.02. The van der Waals surface area contributed by atoms with Crippen LogP contribution in [0.2, 0.25) is 0 Å². The minimum Gasteiger partial charge on any atom is -0.496 e. The van der Waals surface area contributed by atoms with Crippen LogP contribution in [0.3, 0.4) is 0 Å². The summed E-state index contributed by atoms with van der Waals surface area (Å²) >= 11 is 0. The van der Waals surface area contributed by atoms with Crippen molar-refractivity contribution in [3.8, 4) is 5.75 Å². The van der Waals surface area contributed by atoms with Crippen LogP contribution in [0.15, 0.2) is 24.3 Å². The predicted octanol–water partition coefficient (Wildman–Crippen LogP) is 1.14. The minimum atomic E-state index is -0.329. The summed E-state index contributed by atoms with van der Waals surface area (Å²) in [5, 5.41) is 13.1. The molecule has 1 unspecified atom stereocenters. The van der Waals surface area contributed by atoms with Gasteiger partial charge in [0.25, 0.3) is 0 Å². The van der Waals surface area contributed by atoms with E-state index in [4.69, 9.17) is 4.74 Å². The molecule has 0 saturated heterocycles. The average molecular weight is 266 g/mol. The van der Waals surface area contributed by atoms with Crippen LogP contribution < -0.4 is 10.1 Å². The number of hydrogen-bond acceptors (Lipinski definition) is 4. The van der Waals surface area contributed by atoms with Gasteiger partial charge in [0.05, 0.1) is 13.7 Å². The van der Waals surface area contributed by atoms with Gasteiger partial charge in [-0.15, -0.1) is 0 Å². The van der Waals surface area contributed by atoms with Crippen molar-refractivity contribution in [1.82, 2.24) is 10.2 Å². The van der Waals surface area contributed by atoms with Crippen molar-refractivity contribution in [2.24, 2.45) is 0 Å². The first-order chi connectivity index (χ1) is 9.00. The van der Waals surface area contributed by atoms with Gasteiger partial charge in [-0.25, -0.2) is 0 Å². The first kappa shape index (κ1) is 16.0. The second-order valence-corrected chi connectivity index (χ2v) is 5.44. The van der Waals surface area contributed by atoms with Crippen LogP contribution in [0, 0.1) is 0 Å². The lowest BCUT2D eigenvalue weighted by Gasteiger charge is -2.30. The molecule has 0 amide bonds. The van der Waals surface area contributed by atoms with Crippen molar-refractivity contribution in [2.45, 2.75) is 18.9 Å². The quantitative estimate of drug-likeness (QED) is 0.740. The molecule has 2 N–H and O–H groups in total. The van der Waals surface area contributed by atoms with E-state index in [2.05, 4.69) is 10.2 Å². The van der Waals surface area contributed by atoms with Crippen LogP contribution in [0.5, 0.6) is 5.75 Å². The molecule has 0 radical (unpaired) electrons.